The van der Waals surface area contributed by atoms with Crippen LogP contribution in [-0.4, -0.2) is 53.7 Å². The first-order valence-corrected chi connectivity index (χ1v) is 12.7. The summed E-state index contributed by atoms with van der Waals surface area (Å²) in [4.78, 5) is 17.7. The van der Waals surface area contributed by atoms with E-state index in [1.165, 1.54) is 5.56 Å². The number of ketones is 1. The molecule has 6 rings (SSSR count). The Hall–Kier alpha value is -3.33. The maximum Gasteiger partial charge on any atom is 0.231 e. The summed E-state index contributed by atoms with van der Waals surface area (Å²) >= 11 is 3.52. The zero-order chi connectivity index (χ0) is 24.6. The van der Waals surface area contributed by atoms with Crippen LogP contribution in [-0.2, 0) is 13.1 Å². The number of hydrogen-bond donors (Lipinski definition) is 1. The van der Waals surface area contributed by atoms with Crippen LogP contribution in [0.4, 0.5) is 0 Å². The minimum atomic E-state index is -0.171. The summed E-state index contributed by atoms with van der Waals surface area (Å²) in [5, 5.41) is 10.7. The second kappa shape index (κ2) is 9.61. The van der Waals surface area contributed by atoms with Crippen LogP contribution in [0.15, 0.2) is 64.8 Å². The third-order valence-corrected chi connectivity index (χ3v) is 7.52. The largest absolute Gasteiger partial charge is 0.507 e. The molecule has 0 spiro atoms. The molecular formula is C28H25BrN2O5. The number of ether oxygens (including phenoxy) is 3. The summed E-state index contributed by atoms with van der Waals surface area (Å²) in [6.45, 7) is 5.14. The second-order valence-corrected chi connectivity index (χ2v) is 10.00. The van der Waals surface area contributed by atoms with Crippen LogP contribution in [0.25, 0.3) is 6.08 Å². The zero-order valence-corrected chi connectivity index (χ0v) is 21.2. The van der Waals surface area contributed by atoms with Gasteiger partial charge in [0.15, 0.2) is 17.3 Å². The molecule has 0 radical (unpaired) electrons. The highest BCUT2D eigenvalue weighted by atomic mass is 79.9. The van der Waals surface area contributed by atoms with Crippen molar-refractivity contribution in [2.45, 2.75) is 13.1 Å². The summed E-state index contributed by atoms with van der Waals surface area (Å²) in [5.74, 6) is 2.30. The number of benzene rings is 3. The fraction of sp³-hybridized carbons (Fsp3) is 0.250. The number of piperazine rings is 1. The minimum Gasteiger partial charge on any atom is -0.507 e. The Kier molecular flexibility index (Phi) is 6.17. The molecule has 3 aromatic carbocycles. The van der Waals surface area contributed by atoms with Gasteiger partial charge in [0.05, 0.1) is 11.1 Å². The number of phenolic OH excluding ortho intramolecular Hbond substituents is 1. The molecule has 3 aliphatic heterocycles. The van der Waals surface area contributed by atoms with Gasteiger partial charge in [0, 0.05) is 43.7 Å². The number of carbonyl (C=O) groups is 1. The van der Waals surface area contributed by atoms with Crippen LogP contribution in [0, 0.1) is 0 Å². The highest BCUT2D eigenvalue weighted by molar-refractivity contribution is 9.10. The van der Waals surface area contributed by atoms with E-state index in [1.807, 2.05) is 36.4 Å². The number of phenols is 1. The second-order valence-electron chi connectivity index (χ2n) is 9.14. The molecule has 0 atom stereocenters. The molecule has 36 heavy (non-hydrogen) atoms. The normalized spacial score (nSPS) is 18.5. The summed E-state index contributed by atoms with van der Waals surface area (Å²) < 4.78 is 17.8. The number of hydrogen-bond acceptors (Lipinski definition) is 7. The Labute approximate surface area is 217 Å². The molecule has 1 fully saturated rings. The van der Waals surface area contributed by atoms with E-state index in [1.54, 1.807) is 18.2 Å². The number of rotatable bonds is 5. The van der Waals surface area contributed by atoms with Crippen molar-refractivity contribution in [1.29, 1.82) is 0 Å². The quantitative estimate of drug-likeness (QED) is 0.458. The Morgan fingerprint density at radius 3 is 2.47 bits per heavy atom. The van der Waals surface area contributed by atoms with Gasteiger partial charge in [0.2, 0.25) is 12.6 Å². The molecule has 0 saturated carbocycles. The molecule has 3 aromatic rings. The molecule has 0 unspecified atom stereocenters. The minimum absolute atomic E-state index is 0.145. The van der Waals surface area contributed by atoms with Gasteiger partial charge in [-0.3, -0.25) is 14.6 Å². The SMILES string of the molecule is O=C1/C(=C/c2ccccc2Br)Oc2c1ccc(O)c2CN1CCN(Cc2ccc3c(c2)OCO3)CC1. The van der Waals surface area contributed by atoms with Crippen LogP contribution in [0.3, 0.4) is 0 Å². The first-order chi connectivity index (χ1) is 17.5. The first-order valence-electron chi connectivity index (χ1n) is 11.9. The Bertz CT molecular complexity index is 1360. The van der Waals surface area contributed by atoms with E-state index in [2.05, 4.69) is 31.8 Å². The van der Waals surface area contributed by atoms with Gasteiger partial charge in [0.25, 0.3) is 0 Å². The standard InChI is InChI=1S/C28H25BrN2O5/c29-22-4-2-1-3-19(22)14-26-27(33)20-6-7-23(32)21(28(20)36-26)16-31-11-9-30(10-12-31)15-18-5-8-24-25(13-18)35-17-34-24/h1-8,13-14,32H,9-12,15-17H2/b26-14-. The van der Waals surface area contributed by atoms with Crippen molar-refractivity contribution in [3.8, 4) is 23.0 Å². The monoisotopic (exact) mass is 548 g/mol. The van der Waals surface area contributed by atoms with Crippen molar-refractivity contribution in [2.24, 2.45) is 0 Å². The molecule has 1 N–H and O–H groups in total. The molecule has 0 amide bonds. The number of nitrogens with zero attached hydrogens (tertiary/aromatic N) is 2. The van der Waals surface area contributed by atoms with Crippen molar-refractivity contribution in [1.82, 2.24) is 9.80 Å². The number of allylic oxidation sites excluding steroid dienone is 1. The van der Waals surface area contributed by atoms with E-state index in [0.717, 1.165) is 54.3 Å². The maximum absolute atomic E-state index is 13.0. The lowest BCUT2D eigenvalue weighted by Gasteiger charge is -2.35. The van der Waals surface area contributed by atoms with Crippen molar-refractivity contribution < 1.29 is 24.1 Å². The van der Waals surface area contributed by atoms with E-state index in [-0.39, 0.29) is 24.1 Å². The van der Waals surface area contributed by atoms with Crippen LogP contribution in [0.1, 0.15) is 27.0 Å². The Morgan fingerprint density at radius 2 is 1.67 bits per heavy atom. The zero-order valence-electron chi connectivity index (χ0n) is 19.6. The van der Waals surface area contributed by atoms with Gasteiger partial charge in [-0.1, -0.05) is 40.2 Å². The average Bonchev–Trinajstić information content (AvgIpc) is 3.47. The number of fused-ring (bicyclic) bond motifs is 2. The summed E-state index contributed by atoms with van der Waals surface area (Å²) in [5.41, 5.74) is 3.20. The van der Waals surface area contributed by atoms with E-state index in [9.17, 15) is 9.90 Å². The van der Waals surface area contributed by atoms with Crippen LogP contribution in [0.2, 0.25) is 0 Å². The van der Waals surface area contributed by atoms with Gasteiger partial charge in [-0.25, -0.2) is 0 Å². The van der Waals surface area contributed by atoms with Gasteiger partial charge in [-0.2, -0.15) is 0 Å². The Morgan fingerprint density at radius 1 is 0.917 bits per heavy atom. The number of carbonyl (C=O) groups excluding carboxylic acids is 1. The van der Waals surface area contributed by atoms with Crippen molar-refractivity contribution in [3.63, 3.8) is 0 Å². The summed E-state index contributed by atoms with van der Waals surface area (Å²) in [6, 6.07) is 17.0. The fourth-order valence-electron chi connectivity index (χ4n) is 4.81. The molecule has 0 aliphatic carbocycles. The van der Waals surface area contributed by atoms with E-state index in [0.29, 0.717) is 23.4 Å². The maximum atomic E-state index is 13.0. The molecule has 184 valence electrons. The summed E-state index contributed by atoms with van der Waals surface area (Å²) in [6.07, 6.45) is 1.74. The smallest absolute Gasteiger partial charge is 0.231 e. The van der Waals surface area contributed by atoms with E-state index in [4.69, 9.17) is 14.2 Å². The molecule has 0 aromatic heterocycles. The lowest BCUT2D eigenvalue weighted by atomic mass is 10.0. The number of halogens is 1. The fourth-order valence-corrected chi connectivity index (χ4v) is 5.21. The van der Waals surface area contributed by atoms with Crippen LogP contribution < -0.4 is 14.2 Å². The van der Waals surface area contributed by atoms with E-state index >= 15 is 0 Å². The molecule has 1 saturated heterocycles. The van der Waals surface area contributed by atoms with Gasteiger partial charge in [-0.15, -0.1) is 0 Å². The van der Waals surface area contributed by atoms with Gasteiger partial charge < -0.3 is 19.3 Å². The molecule has 0 bridgehead atoms. The van der Waals surface area contributed by atoms with Crippen LogP contribution in [0.5, 0.6) is 23.0 Å². The molecule has 7 nitrogen and oxygen atoms in total. The predicted octanol–water partition coefficient (Wildman–Crippen LogP) is 4.82. The van der Waals surface area contributed by atoms with Gasteiger partial charge in [-0.05, 0) is 47.5 Å². The van der Waals surface area contributed by atoms with Crippen molar-refractivity contribution in [2.75, 3.05) is 33.0 Å². The third-order valence-electron chi connectivity index (χ3n) is 6.80. The first kappa shape index (κ1) is 23.1. The van der Waals surface area contributed by atoms with Gasteiger partial charge >= 0.3 is 0 Å². The van der Waals surface area contributed by atoms with E-state index < -0.39 is 0 Å². The highest BCUT2D eigenvalue weighted by Gasteiger charge is 2.32. The predicted molar refractivity (Wildman–Crippen MR) is 138 cm³/mol. The highest BCUT2D eigenvalue weighted by Crippen LogP contribution is 2.40. The third kappa shape index (κ3) is 4.48. The lowest BCUT2D eigenvalue weighted by Crippen LogP contribution is -2.45. The summed E-state index contributed by atoms with van der Waals surface area (Å²) in [7, 11) is 0. The number of Topliss-reactive ketones (excluding diaryl/α,β-unsaturated/α-hetero) is 1. The topological polar surface area (TPSA) is 71.5 Å². The molecule has 8 heteroatoms. The number of aromatic hydroxyl groups is 1. The van der Waals surface area contributed by atoms with Crippen LogP contribution >= 0.6 is 15.9 Å². The molecule has 3 heterocycles. The van der Waals surface area contributed by atoms with Gasteiger partial charge in [0.1, 0.15) is 11.5 Å². The van der Waals surface area contributed by atoms with Crippen molar-refractivity contribution >= 4 is 27.8 Å². The average molecular weight is 549 g/mol. The van der Waals surface area contributed by atoms with Crippen molar-refractivity contribution in [3.05, 3.63) is 87.1 Å². The molecular weight excluding hydrogens is 524 g/mol. The Balaban J connectivity index is 1.13. The molecule has 3 aliphatic rings. The lowest BCUT2D eigenvalue weighted by molar-refractivity contribution is 0.101.